The van der Waals surface area contributed by atoms with Crippen molar-refractivity contribution in [1.29, 1.82) is 0 Å². The topological polar surface area (TPSA) is 17.1 Å². The molecule has 0 saturated carbocycles. The molecule has 0 fully saturated rings. The summed E-state index contributed by atoms with van der Waals surface area (Å²) in [5.74, 6) is -0.132. The molecule has 0 aromatic heterocycles. The minimum Gasteiger partial charge on any atom is -0.291 e. The Hall–Kier alpha value is -0.600. The van der Waals surface area contributed by atoms with Gasteiger partial charge in [-0.15, -0.1) is 0 Å². The van der Waals surface area contributed by atoms with Crippen molar-refractivity contribution in [3.05, 3.63) is 41.5 Å². The molecule has 1 aromatic carbocycles. The summed E-state index contributed by atoms with van der Waals surface area (Å²) < 4.78 is -1.07. The molecule has 0 saturated heterocycles. The van der Waals surface area contributed by atoms with Crippen molar-refractivity contribution in [3.63, 3.8) is 0 Å². The lowest BCUT2D eigenvalue weighted by atomic mass is 9.96. The number of hydrogen-bond donors (Lipinski definition) is 0. The van der Waals surface area contributed by atoms with Crippen LogP contribution in [0, 0.1) is 0 Å². The maximum absolute atomic E-state index is 11.4. The molecule has 0 N–H and O–H groups in total. The Morgan fingerprint density at radius 3 is 2.69 bits per heavy atom. The zero-order valence-corrected chi connectivity index (χ0v) is 8.97. The van der Waals surface area contributed by atoms with Gasteiger partial charge in [-0.3, -0.25) is 4.79 Å². The number of alkyl halides is 2. The number of carbonyl (C=O) groups excluding carboxylic acids is 1. The average molecular weight is 258 g/mol. The molecule has 1 aromatic rings. The van der Waals surface area contributed by atoms with Gasteiger partial charge in [-0.2, -0.15) is 0 Å². The minimum absolute atomic E-state index is 0.132. The van der Waals surface area contributed by atoms with E-state index in [9.17, 15) is 4.79 Å². The smallest absolute Gasteiger partial charge is 0.191 e. The Morgan fingerprint density at radius 1 is 1.23 bits per heavy atom. The van der Waals surface area contributed by atoms with Crippen molar-refractivity contribution in [2.24, 2.45) is 0 Å². The van der Waals surface area contributed by atoms with Crippen LogP contribution in [-0.2, 0) is 8.58 Å². The molecule has 1 unspecified atom stereocenters. The summed E-state index contributed by atoms with van der Waals surface area (Å²) in [6.45, 7) is 0. The first-order valence-electron chi connectivity index (χ1n) is 3.82. The number of hydrogen-bond acceptors (Lipinski definition) is 1. The summed E-state index contributed by atoms with van der Waals surface area (Å²) >= 11 is 9.29. The third-order valence-corrected chi connectivity index (χ3v) is 3.23. The van der Waals surface area contributed by atoms with E-state index in [0.717, 1.165) is 11.1 Å². The lowest BCUT2D eigenvalue weighted by Gasteiger charge is -2.22. The van der Waals surface area contributed by atoms with Crippen LogP contribution in [0.1, 0.15) is 11.1 Å². The van der Waals surface area contributed by atoms with E-state index >= 15 is 0 Å². The largest absolute Gasteiger partial charge is 0.291 e. The van der Waals surface area contributed by atoms with Gasteiger partial charge in [0.25, 0.3) is 0 Å². The second-order valence-corrected chi connectivity index (χ2v) is 5.07. The summed E-state index contributed by atoms with van der Waals surface area (Å²) in [5, 5.41) is 0. The molecule has 0 amide bonds. The fourth-order valence-corrected chi connectivity index (χ4v) is 2.06. The number of carbonyl (C=O) groups is 1. The van der Waals surface area contributed by atoms with Crippen LogP contribution < -0.4 is 0 Å². The zero-order valence-electron chi connectivity index (χ0n) is 6.63. The number of allylic oxidation sites excluding steroid dienone is 1. The van der Waals surface area contributed by atoms with Gasteiger partial charge in [0.2, 0.25) is 0 Å². The van der Waals surface area contributed by atoms with Gasteiger partial charge in [0.15, 0.2) is 9.57 Å². The van der Waals surface area contributed by atoms with E-state index in [4.69, 9.17) is 11.6 Å². The molecule has 66 valence electrons. The summed E-state index contributed by atoms with van der Waals surface area (Å²) in [4.78, 5) is 11.4. The molecule has 1 nitrogen and oxygen atoms in total. The highest BCUT2D eigenvalue weighted by Gasteiger charge is 2.36. The molecule has 1 atom stereocenters. The van der Waals surface area contributed by atoms with Crippen molar-refractivity contribution < 1.29 is 4.79 Å². The normalized spacial score (nSPS) is 25.8. The molecule has 1 aliphatic carbocycles. The number of fused-ring (bicyclic) bond motifs is 1. The highest BCUT2D eigenvalue weighted by Crippen LogP contribution is 2.42. The molecular formula is C10H6BrClO. The second kappa shape index (κ2) is 2.96. The van der Waals surface area contributed by atoms with E-state index in [-0.39, 0.29) is 5.78 Å². The van der Waals surface area contributed by atoms with E-state index < -0.39 is 3.78 Å². The molecule has 0 spiro atoms. The molecule has 0 bridgehead atoms. The molecule has 0 heterocycles. The Bertz CT molecular complexity index is 396. The average Bonchev–Trinajstić information content (AvgIpc) is 2.13. The van der Waals surface area contributed by atoms with Crippen LogP contribution >= 0.6 is 27.5 Å². The van der Waals surface area contributed by atoms with Crippen LogP contribution in [0.2, 0.25) is 0 Å². The Labute approximate surface area is 89.5 Å². The van der Waals surface area contributed by atoms with E-state index in [2.05, 4.69) is 15.9 Å². The van der Waals surface area contributed by atoms with E-state index in [0.29, 0.717) is 0 Å². The molecule has 0 radical (unpaired) electrons. The summed E-state index contributed by atoms with van der Waals surface area (Å²) in [5.41, 5.74) is 1.79. The lowest BCUT2D eigenvalue weighted by Crippen LogP contribution is -2.24. The predicted octanol–water partition coefficient (Wildman–Crippen LogP) is 3.07. The van der Waals surface area contributed by atoms with Crippen LogP contribution in [0.3, 0.4) is 0 Å². The van der Waals surface area contributed by atoms with Gasteiger partial charge in [-0.05, 0) is 17.2 Å². The van der Waals surface area contributed by atoms with Gasteiger partial charge in [-0.25, -0.2) is 0 Å². The van der Waals surface area contributed by atoms with Crippen molar-refractivity contribution >= 4 is 39.4 Å². The van der Waals surface area contributed by atoms with Crippen LogP contribution in [0.4, 0.5) is 0 Å². The third kappa shape index (κ3) is 1.34. The number of benzene rings is 1. The molecule has 1 aliphatic rings. The molecule has 2 rings (SSSR count). The predicted molar refractivity (Wildman–Crippen MR) is 56.9 cm³/mol. The van der Waals surface area contributed by atoms with Crippen molar-refractivity contribution in [3.8, 4) is 0 Å². The number of ketones is 1. The minimum atomic E-state index is -1.07. The van der Waals surface area contributed by atoms with Gasteiger partial charge in [0.1, 0.15) is 0 Å². The van der Waals surface area contributed by atoms with Crippen LogP contribution in [-0.4, -0.2) is 5.78 Å². The van der Waals surface area contributed by atoms with Gasteiger partial charge >= 0.3 is 0 Å². The highest BCUT2D eigenvalue weighted by atomic mass is 79.9. The first-order chi connectivity index (χ1) is 6.12. The Balaban J connectivity index is 2.68. The van der Waals surface area contributed by atoms with Crippen LogP contribution in [0.25, 0.3) is 6.08 Å². The van der Waals surface area contributed by atoms with Gasteiger partial charge in [-0.1, -0.05) is 57.9 Å². The van der Waals surface area contributed by atoms with Gasteiger partial charge < -0.3 is 0 Å². The molecular weight excluding hydrogens is 251 g/mol. The van der Waals surface area contributed by atoms with E-state index in [1.807, 2.05) is 24.3 Å². The van der Waals surface area contributed by atoms with Crippen LogP contribution in [0.15, 0.2) is 30.3 Å². The fraction of sp³-hybridized carbons (Fsp3) is 0.100. The Morgan fingerprint density at radius 2 is 1.92 bits per heavy atom. The molecule has 13 heavy (non-hydrogen) atoms. The van der Waals surface area contributed by atoms with Crippen molar-refractivity contribution in [2.45, 2.75) is 3.78 Å². The monoisotopic (exact) mass is 256 g/mol. The first-order valence-corrected chi connectivity index (χ1v) is 4.99. The maximum atomic E-state index is 11.4. The summed E-state index contributed by atoms with van der Waals surface area (Å²) in [6.07, 6.45) is 3.27. The van der Waals surface area contributed by atoms with Gasteiger partial charge in [0.05, 0.1) is 0 Å². The molecule has 3 heteroatoms. The quantitative estimate of drug-likeness (QED) is 0.653. The number of rotatable bonds is 0. The van der Waals surface area contributed by atoms with E-state index in [1.54, 1.807) is 6.08 Å². The van der Waals surface area contributed by atoms with Crippen molar-refractivity contribution in [2.75, 3.05) is 0 Å². The highest BCUT2D eigenvalue weighted by molar-refractivity contribution is 9.10. The second-order valence-electron chi connectivity index (χ2n) is 2.86. The molecule has 0 aliphatic heterocycles. The Kier molecular flexibility index (Phi) is 2.05. The standard InChI is InChI=1S/C10H6BrClO/c11-10(12)8-4-2-1-3-7(8)5-6-9(10)13/h1-6H. The summed E-state index contributed by atoms with van der Waals surface area (Å²) in [6, 6.07) is 7.55. The van der Waals surface area contributed by atoms with Gasteiger partial charge in [0, 0.05) is 0 Å². The SMILES string of the molecule is O=C1C=Cc2ccccc2C1(Cl)Br. The summed E-state index contributed by atoms with van der Waals surface area (Å²) in [7, 11) is 0. The maximum Gasteiger partial charge on any atom is 0.191 e. The van der Waals surface area contributed by atoms with Crippen LogP contribution in [0.5, 0.6) is 0 Å². The third-order valence-electron chi connectivity index (χ3n) is 2.02. The number of halogens is 2. The van der Waals surface area contributed by atoms with Crippen molar-refractivity contribution in [1.82, 2.24) is 0 Å². The van der Waals surface area contributed by atoms with E-state index in [1.165, 1.54) is 6.08 Å². The lowest BCUT2D eigenvalue weighted by molar-refractivity contribution is -0.115. The first kappa shape index (κ1) is 8.97. The fourth-order valence-electron chi connectivity index (χ4n) is 1.33. The zero-order chi connectivity index (χ0) is 9.47.